The highest BCUT2D eigenvalue weighted by Gasteiger charge is 2.25. The van der Waals surface area contributed by atoms with E-state index in [2.05, 4.69) is 27.5 Å². The van der Waals surface area contributed by atoms with Crippen molar-refractivity contribution in [2.45, 2.75) is 19.4 Å². The molecule has 31 heavy (non-hydrogen) atoms. The molecular formula is C23H22N6O2. The first-order valence-corrected chi connectivity index (χ1v) is 10.2. The van der Waals surface area contributed by atoms with Crippen molar-refractivity contribution in [2.75, 3.05) is 23.8 Å². The molecule has 5 rings (SSSR count). The van der Waals surface area contributed by atoms with Crippen LogP contribution in [0.3, 0.4) is 0 Å². The molecule has 0 spiro atoms. The number of fused-ring (bicyclic) bond motifs is 2. The maximum absolute atomic E-state index is 11.8. The van der Waals surface area contributed by atoms with Crippen LogP contribution in [0.4, 0.5) is 11.6 Å². The van der Waals surface area contributed by atoms with Crippen molar-refractivity contribution in [1.29, 1.82) is 0 Å². The van der Waals surface area contributed by atoms with Gasteiger partial charge in [-0.2, -0.15) is 0 Å². The van der Waals surface area contributed by atoms with Crippen molar-refractivity contribution in [3.63, 3.8) is 0 Å². The Labute approximate surface area is 179 Å². The number of benzene rings is 2. The number of rotatable bonds is 5. The SMILES string of the molecule is CN1CCCc2c(NCc3ccccc3)nc(-c3onc4c(C(N)=O)cccc34)nc21. The standard InChI is InChI=1S/C23H22N6O2/c1-29-12-6-11-17-21(25-13-14-7-3-2-4-8-14)26-22(27-23(17)29)19-15-9-5-10-16(20(24)30)18(15)28-31-19/h2-5,7-10H,6,11-13H2,1H3,(H2,24,30)(H,25,26,27). The third-order valence-corrected chi connectivity index (χ3v) is 5.55. The van der Waals surface area contributed by atoms with Gasteiger partial charge < -0.3 is 20.5 Å². The fourth-order valence-electron chi connectivity index (χ4n) is 3.97. The van der Waals surface area contributed by atoms with Crippen LogP contribution in [0.1, 0.15) is 27.9 Å². The molecule has 1 aliphatic heterocycles. The Hall–Kier alpha value is -3.94. The van der Waals surface area contributed by atoms with E-state index in [9.17, 15) is 4.79 Å². The second kappa shape index (κ2) is 7.71. The van der Waals surface area contributed by atoms with E-state index in [0.29, 0.717) is 34.6 Å². The Bertz CT molecular complexity index is 1270. The van der Waals surface area contributed by atoms with Gasteiger partial charge in [-0.1, -0.05) is 41.6 Å². The molecule has 3 heterocycles. The number of amides is 1. The van der Waals surface area contributed by atoms with Crippen LogP contribution in [0, 0.1) is 0 Å². The quantitative estimate of drug-likeness (QED) is 0.515. The van der Waals surface area contributed by atoms with Crippen molar-refractivity contribution in [2.24, 2.45) is 5.73 Å². The number of nitrogens with two attached hydrogens (primary N) is 1. The molecule has 2 aromatic heterocycles. The van der Waals surface area contributed by atoms with Crippen LogP contribution >= 0.6 is 0 Å². The molecule has 2 aromatic carbocycles. The molecule has 0 saturated heterocycles. The van der Waals surface area contributed by atoms with Crippen LogP contribution in [-0.4, -0.2) is 34.6 Å². The van der Waals surface area contributed by atoms with Gasteiger partial charge in [0.15, 0.2) is 0 Å². The summed E-state index contributed by atoms with van der Waals surface area (Å²) in [4.78, 5) is 23.5. The van der Waals surface area contributed by atoms with E-state index in [4.69, 9.17) is 20.2 Å². The van der Waals surface area contributed by atoms with Crippen LogP contribution in [0.25, 0.3) is 22.5 Å². The summed E-state index contributed by atoms with van der Waals surface area (Å²) in [5.41, 5.74) is 8.47. The summed E-state index contributed by atoms with van der Waals surface area (Å²) < 4.78 is 5.61. The molecule has 8 heteroatoms. The minimum atomic E-state index is -0.554. The zero-order valence-corrected chi connectivity index (χ0v) is 17.1. The molecule has 3 N–H and O–H groups in total. The molecule has 0 fully saturated rings. The highest BCUT2D eigenvalue weighted by Crippen LogP contribution is 2.35. The predicted octanol–water partition coefficient (Wildman–Crippen LogP) is 3.38. The normalized spacial score (nSPS) is 13.3. The fraction of sp³-hybridized carbons (Fsp3) is 0.217. The molecule has 8 nitrogen and oxygen atoms in total. The highest BCUT2D eigenvalue weighted by atomic mass is 16.5. The zero-order valence-electron chi connectivity index (χ0n) is 17.1. The second-order valence-corrected chi connectivity index (χ2v) is 7.64. The average Bonchev–Trinajstić information content (AvgIpc) is 3.22. The monoisotopic (exact) mass is 414 g/mol. The lowest BCUT2D eigenvalue weighted by Gasteiger charge is -2.28. The van der Waals surface area contributed by atoms with Crippen molar-refractivity contribution in [3.05, 3.63) is 65.2 Å². The predicted molar refractivity (Wildman–Crippen MR) is 119 cm³/mol. The summed E-state index contributed by atoms with van der Waals surface area (Å²) in [6, 6.07) is 15.4. The van der Waals surface area contributed by atoms with E-state index in [-0.39, 0.29) is 0 Å². The Morgan fingerprint density at radius 1 is 1.16 bits per heavy atom. The van der Waals surface area contributed by atoms with Gasteiger partial charge in [0.2, 0.25) is 11.6 Å². The minimum Gasteiger partial charge on any atom is -0.366 e. The van der Waals surface area contributed by atoms with E-state index in [1.165, 1.54) is 0 Å². The number of anilines is 2. The van der Waals surface area contributed by atoms with Crippen LogP contribution < -0.4 is 16.0 Å². The number of primary amides is 1. The average molecular weight is 414 g/mol. The molecule has 0 radical (unpaired) electrons. The molecule has 0 bridgehead atoms. The van der Waals surface area contributed by atoms with Gasteiger partial charge in [-0.25, -0.2) is 9.97 Å². The van der Waals surface area contributed by atoms with E-state index < -0.39 is 5.91 Å². The Morgan fingerprint density at radius 2 is 2.00 bits per heavy atom. The molecular weight excluding hydrogens is 392 g/mol. The van der Waals surface area contributed by atoms with Crippen molar-refractivity contribution in [1.82, 2.24) is 15.1 Å². The van der Waals surface area contributed by atoms with Gasteiger partial charge in [0.1, 0.15) is 17.2 Å². The number of hydrogen-bond donors (Lipinski definition) is 2. The minimum absolute atomic E-state index is 0.310. The summed E-state index contributed by atoms with van der Waals surface area (Å²) in [6.45, 7) is 1.57. The zero-order chi connectivity index (χ0) is 21.4. The summed E-state index contributed by atoms with van der Waals surface area (Å²) >= 11 is 0. The molecule has 1 aliphatic rings. The number of nitrogens with zero attached hydrogens (tertiary/aromatic N) is 4. The van der Waals surface area contributed by atoms with E-state index in [0.717, 1.165) is 42.1 Å². The van der Waals surface area contributed by atoms with E-state index in [1.54, 1.807) is 12.1 Å². The molecule has 156 valence electrons. The fourth-order valence-corrected chi connectivity index (χ4v) is 3.97. The van der Waals surface area contributed by atoms with Gasteiger partial charge >= 0.3 is 0 Å². The van der Waals surface area contributed by atoms with Crippen molar-refractivity contribution >= 4 is 28.4 Å². The highest BCUT2D eigenvalue weighted by molar-refractivity contribution is 6.07. The van der Waals surface area contributed by atoms with Crippen LogP contribution in [0.5, 0.6) is 0 Å². The lowest BCUT2D eigenvalue weighted by atomic mass is 10.1. The maximum atomic E-state index is 11.8. The first-order valence-electron chi connectivity index (χ1n) is 10.2. The lowest BCUT2D eigenvalue weighted by molar-refractivity contribution is 0.100. The van der Waals surface area contributed by atoms with Gasteiger partial charge in [-0.15, -0.1) is 0 Å². The maximum Gasteiger partial charge on any atom is 0.251 e. The van der Waals surface area contributed by atoms with Gasteiger partial charge in [-0.3, -0.25) is 4.79 Å². The summed E-state index contributed by atoms with van der Waals surface area (Å²) in [7, 11) is 2.03. The lowest BCUT2D eigenvalue weighted by Crippen LogP contribution is -2.27. The summed E-state index contributed by atoms with van der Waals surface area (Å²) in [5, 5.41) is 8.21. The van der Waals surface area contributed by atoms with Crippen molar-refractivity contribution < 1.29 is 9.32 Å². The Kier molecular flexibility index (Phi) is 4.74. The number of carbonyl (C=O) groups is 1. The molecule has 0 saturated carbocycles. The van der Waals surface area contributed by atoms with Crippen LogP contribution in [-0.2, 0) is 13.0 Å². The third kappa shape index (κ3) is 3.46. The largest absolute Gasteiger partial charge is 0.366 e. The molecule has 1 amide bonds. The number of aromatic nitrogens is 3. The van der Waals surface area contributed by atoms with Gasteiger partial charge in [0, 0.05) is 25.7 Å². The van der Waals surface area contributed by atoms with Crippen molar-refractivity contribution in [3.8, 4) is 11.6 Å². The topological polar surface area (TPSA) is 110 Å². The summed E-state index contributed by atoms with van der Waals surface area (Å²) in [5.74, 6) is 1.95. The smallest absolute Gasteiger partial charge is 0.251 e. The number of nitrogens with one attached hydrogen (secondary N) is 1. The van der Waals surface area contributed by atoms with Crippen LogP contribution in [0.2, 0.25) is 0 Å². The molecule has 4 aromatic rings. The third-order valence-electron chi connectivity index (χ3n) is 5.55. The Morgan fingerprint density at radius 3 is 2.81 bits per heavy atom. The van der Waals surface area contributed by atoms with Gasteiger partial charge in [0.25, 0.3) is 5.91 Å². The van der Waals surface area contributed by atoms with Gasteiger partial charge in [0.05, 0.1) is 10.9 Å². The number of carbonyl (C=O) groups excluding carboxylic acids is 1. The van der Waals surface area contributed by atoms with Gasteiger partial charge in [-0.05, 0) is 30.5 Å². The van der Waals surface area contributed by atoms with E-state index >= 15 is 0 Å². The first kappa shape index (κ1) is 19.0. The molecule has 0 aliphatic carbocycles. The van der Waals surface area contributed by atoms with E-state index in [1.807, 2.05) is 31.3 Å². The molecule has 0 atom stereocenters. The summed E-state index contributed by atoms with van der Waals surface area (Å²) in [6.07, 6.45) is 1.94. The second-order valence-electron chi connectivity index (χ2n) is 7.64. The number of hydrogen-bond acceptors (Lipinski definition) is 7. The van der Waals surface area contributed by atoms with Crippen LogP contribution in [0.15, 0.2) is 53.1 Å². The first-order chi connectivity index (χ1) is 15.1. The Balaban J connectivity index is 1.61. The molecule has 0 unspecified atom stereocenters.